The van der Waals surface area contributed by atoms with E-state index in [0.717, 1.165) is 6.42 Å². The maximum Gasteiger partial charge on any atom is 0.0433 e. The Hall–Kier alpha value is -0.0400. The minimum Gasteiger partial charge on any atom is -0.396 e. The van der Waals surface area contributed by atoms with Crippen molar-refractivity contribution in [1.82, 2.24) is 0 Å². The lowest BCUT2D eigenvalue weighted by Gasteiger charge is -2.08. The van der Waals surface area contributed by atoms with Crippen LogP contribution in [0.1, 0.15) is 104 Å². The minimum atomic E-state index is 0.361. The molecule has 0 amide bonds. The average Bonchev–Trinajstić information content (AvgIpc) is 2.40. The fourth-order valence-corrected chi connectivity index (χ4v) is 2.70. The molecule has 0 heterocycles. The molecule has 0 aliphatic rings. The van der Waals surface area contributed by atoms with Crippen LogP contribution >= 0.6 is 0 Å². The molecular formula is C18H38O. The first-order valence-electron chi connectivity index (χ1n) is 8.92. The molecule has 116 valence electrons. The smallest absolute Gasteiger partial charge is 0.0433 e. The molecule has 0 fully saturated rings. The Bertz CT molecular complexity index is 156. The van der Waals surface area contributed by atoms with Crippen molar-refractivity contribution in [2.75, 3.05) is 6.61 Å². The van der Waals surface area contributed by atoms with Crippen LogP contribution in [-0.4, -0.2) is 11.7 Å². The van der Waals surface area contributed by atoms with Gasteiger partial charge in [0, 0.05) is 6.61 Å². The number of hydrogen-bond acceptors (Lipinski definition) is 1. The molecule has 0 aliphatic carbocycles. The summed E-state index contributed by atoms with van der Waals surface area (Å²) < 4.78 is 0. The minimum absolute atomic E-state index is 0.361. The summed E-state index contributed by atoms with van der Waals surface area (Å²) in [5, 5.41) is 8.83. The highest BCUT2D eigenvalue weighted by atomic mass is 16.3. The third-order valence-electron chi connectivity index (χ3n) is 4.17. The van der Waals surface area contributed by atoms with E-state index in [2.05, 4.69) is 13.8 Å². The van der Waals surface area contributed by atoms with Gasteiger partial charge in [-0.2, -0.15) is 0 Å². The van der Waals surface area contributed by atoms with E-state index in [4.69, 9.17) is 5.11 Å². The molecule has 0 radical (unpaired) electrons. The molecule has 0 aliphatic heterocycles. The van der Waals surface area contributed by atoms with E-state index in [1.165, 1.54) is 83.5 Å². The molecule has 0 rings (SSSR count). The molecule has 0 saturated heterocycles. The Kier molecular flexibility index (Phi) is 16.0. The molecule has 1 heteroatoms. The van der Waals surface area contributed by atoms with Crippen LogP contribution in [0, 0.1) is 5.92 Å². The van der Waals surface area contributed by atoms with Crippen molar-refractivity contribution in [1.29, 1.82) is 0 Å². The number of aliphatic hydroxyl groups is 1. The fraction of sp³-hybridized carbons (Fsp3) is 1.00. The Morgan fingerprint density at radius 1 is 0.632 bits per heavy atom. The van der Waals surface area contributed by atoms with Crippen molar-refractivity contribution in [2.45, 2.75) is 104 Å². The lowest BCUT2D eigenvalue weighted by molar-refractivity contribution is 0.256. The summed E-state index contributed by atoms with van der Waals surface area (Å²) in [5.74, 6) is 0.716. The second kappa shape index (κ2) is 16.0. The summed E-state index contributed by atoms with van der Waals surface area (Å²) >= 11 is 0. The van der Waals surface area contributed by atoms with Crippen LogP contribution in [0.2, 0.25) is 0 Å². The van der Waals surface area contributed by atoms with Crippen LogP contribution in [0.25, 0.3) is 0 Å². The third kappa shape index (κ3) is 15.9. The van der Waals surface area contributed by atoms with E-state index in [0.29, 0.717) is 12.5 Å². The van der Waals surface area contributed by atoms with Crippen LogP contribution in [0.15, 0.2) is 0 Å². The molecule has 1 N–H and O–H groups in total. The zero-order valence-corrected chi connectivity index (χ0v) is 13.6. The van der Waals surface area contributed by atoms with Gasteiger partial charge in [0.05, 0.1) is 0 Å². The highest BCUT2D eigenvalue weighted by Gasteiger charge is 2.00. The van der Waals surface area contributed by atoms with Crippen LogP contribution in [0.5, 0.6) is 0 Å². The topological polar surface area (TPSA) is 20.2 Å². The molecule has 0 bridgehead atoms. The predicted molar refractivity (Wildman–Crippen MR) is 86.6 cm³/mol. The molecule has 0 aromatic heterocycles. The van der Waals surface area contributed by atoms with Crippen molar-refractivity contribution in [3.05, 3.63) is 0 Å². The zero-order chi connectivity index (χ0) is 14.2. The SMILES string of the molecule is CCCCCCCCCCCCCC[C@H](C)CCO. The van der Waals surface area contributed by atoms with Gasteiger partial charge in [-0.05, 0) is 12.3 Å². The van der Waals surface area contributed by atoms with Gasteiger partial charge in [-0.25, -0.2) is 0 Å². The quantitative estimate of drug-likeness (QED) is 0.357. The first kappa shape index (κ1) is 19.0. The highest BCUT2D eigenvalue weighted by molar-refractivity contribution is 4.54. The number of unbranched alkanes of at least 4 members (excludes halogenated alkanes) is 11. The van der Waals surface area contributed by atoms with E-state index < -0.39 is 0 Å². The second-order valence-corrected chi connectivity index (χ2v) is 6.30. The van der Waals surface area contributed by atoms with E-state index in [1.807, 2.05) is 0 Å². The summed E-state index contributed by atoms with van der Waals surface area (Å²) in [5.41, 5.74) is 0. The highest BCUT2D eigenvalue weighted by Crippen LogP contribution is 2.15. The van der Waals surface area contributed by atoms with Gasteiger partial charge in [0.1, 0.15) is 0 Å². The van der Waals surface area contributed by atoms with Crippen LogP contribution in [0.4, 0.5) is 0 Å². The van der Waals surface area contributed by atoms with E-state index in [9.17, 15) is 0 Å². The molecule has 0 aromatic rings. The van der Waals surface area contributed by atoms with E-state index in [-0.39, 0.29) is 0 Å². The Morgan fingerprint density at radius 2 is 1.05 bits per heavy atom. The summed E-state index contributed by atoms with van der Waals surface area (Å²) in [6, 6.07) is 0. The lowest BCUT2D eigenvalue weighted by Crippen LogP contribution is -1.97. The van der Waals surface area contributed by atoms with Crippen molar-refractivity contribution < 1.29 is 5.11 Å². The molecule has 0 saturated carbocycles. The van der Waals surface area contributed by atoms with E-state index in [1.54, 1.807) is 0 Å². The summed E-state index contributed by atoms with van der Waals surface area (Å²) in [6.45, 7) is 4.90. The van der Waals surface area contributed by atoms with Crippen molar-refractivity contribution >= 4 is 0 Å². The molecule has 1 nitrogen and oxygen atoms in total. The maximum absolute atomic E-state index is 8.83. The summed E-state index contributed by atoms with van der Waals surface area (Å²) in [7, 11) is 0. The van der Waals surface area contributed by atoms with Gasteiger partial charge in [-0.1, -0.05) is 97.3 Å². The van der Waals surface area contributed by atoms with Gasteiger partial charge in [0.2, 0.25) is 0 Å². The normalized spacial score (nSPS) is 12.8. The standard InChI is InChI=1S/C18H38O/c1-3-4-5-6-7-8-9-10-11-12-13-14-15-18(2)16-17-19/h18-19H,3-17H2,1-2H3/t18-/m0/s1. The van der Waals surface area contributed by atoms with Gasteiger partial charge in [-0.3, -0.25) is 0 Å². The molecule has 19 heavy (non-hydrogen) atoms. The Balaban J connectivity index is 2.99. The monoisotopic (exact) mass is 270 g/mol. The fourth-order valence-electron chi connectivity index (χ4n) is 2.70. The van der Waals surface area contributed by atoms with Crippen LogP contribution in [-0.2, 0) is 0 Å². The van der Waals surface area contributed by atoms with Gasteiger partial charge >= 0.3 is 0 Å². The van der Waals surface area contributed by atoms with Gasteiger partial charge in [0.25, 0.3) is 0 Å². The van der Waals surface area contributed by atoms with Crippen molar-refractivity contribution in [3.8, 4) is 0 Å². The Labute approximate surface area is 122 Å². The maximum atomic E-state index is 8.83. The lowest BCUT2D eigenvalue weighted by atomic mass is 9.99. The van der Waals surface area contributed by atoms with Gasteiger partial charge in [-0.15, -0.1) is 0 Å². The first-order chi connectivity index (χ1) is 9.31. The summed E-state index contributed by atoms with van der Waals surface area (Å²) in [6.07, 6.45) is 19.4. The molecule has 1 atom stereocenters. The van der Waals surface area contributed by atoms with Crippen molar-refractivity contribution in [2.24, 2.45) is 5.92 Å². The number of aliphatic hydroxyl groups excluding tert-OH is 1. The predicted octanol–water partition coefficient (Wildman–Crippen LogP) is 6.10. The Morgan fingerprint density at radius 3 is 1.47 bits per heavy atom. The molecular weight excluding hydrogens is 232 g/mol. The summed E-state index contributed by atoms with van der Waals surface area (Å²) in [4.78, 5) is 0. The molecule has 0 spiro atoms. The third-order valence-corrected chi connectivity index (χ3v) is 4.17. The van der Waals surface area contributed by atoms with Crippen LogP contribution < -0.4 is 0 Å². The molecule has 0 unspecified atom stereocenters. The zero-order valence-electron chi connectivity index (χ0n) is 13.6. The van der Waals surface area contributed by atoms with E-state index >= 15 is 0 Å². The van der Waals surface area contributed by atoms with Gasteiger partial charge < -0.3 is 5.11 Å². The van der Waals surface area contributed by atoms with Gasteiger partial charge in [0.15, 0.2) is 0 Å². The second-order valence-electron chi connectivity index (χ2n) is 6.30. The largest absolute Gasteiger partial charge is 0.396 e. The van der Waals surface area contributed by atoms with Crippen molar-refractivity contribution in [3.63, 3.8) is 0 Å². The molecule has 0 aromatic carbocycles. The van der Waals surface area contributed by atoms with Crippen LogP contribution in [0.3, 0.4) is 0 Å². The average molecular weight is 271 g/mol. The number of hydrogen-bond donors (Lipinski definition) is 1. The number of rotatable bonds is 15. The first-order valence-corrected chi connectivity index (χ1v) is 8.92.